The first-order valence-electron chi connectivity index (χ1n) is 6.37. The highest BCUT2D eigenvalue weighted by Gasteiger charge is 2.21. The molecule has 3 rings (SSSR count). The average Bonchev–Trinajstić information content (AvgIpc) is 2.75. The van der Waals surface area contributed by atoms with E-state index < -0.39 is 0 Å². The zero-order valence-electron chi connectivity index (χ0n) is 10.5. The second kappa shape index (κ2) is 4.40. The normalized spacial score (nSPS) is 15.6. The largest absolute Gasteiger partial charge is 0.398 e. The predicted molar refractivity (Wildman–Crippen MR) is 69.7 cm³/mol. The van der Waals surface area contributed by atoms with E-state index in [-0.39, 0.29) is 0 Å². The van der Waals surface area contributed by atoms with Crippen LogP contribution in [0.2, 0.25) is 0 Å². The van der Waals surface area contributed by atoms with E-state index in [0.29, 0.717) is 0 Å². The zero-order chi connectivity index (χ0) is 12.5. The molecule has 0 saturated heterocycles. The molecular weight excluding hydrogens is 226 g/mol. The zero-order valence-corrected chi connectivity index (χ0v) is 10.5. The molecule has 5 nitrogen and oxygen atoms in total. The number of nitrogens with two attached hydrogens (primary N) is 1. The number of anilines is 1. The number of aromatic nitrogens is 4. The van der Waals surface area contributed by atoms with Crippen molar-refractivity contribution in [3.05, 3.63) is 23.8 Å². The van der Waals surface area contributed by atoms with Crippen molar-refractivity contribution >= 4 is 5.69 Å². The Morgan fingerprint density at radius 1 is 1.39 bits per heavy atom. The number of tetrazole rings is 1. The van der Waals surface area contributed by atoms with Crippen LogP contribution in [0, 0.1) is 12.8 Å². The Balaban J connectivity index is 1.95. The SMILES string of the molecule is Cc1c(N)cccc1-c1nnnn1CC1CCC1. The minimum Gasteiger partial charge on any atom is -0.398 e. The Bertz CT molecular complexity index is 556. The summed E-state index contributed by atoms with van der Waals surface area (Å²) in [5.41, 5.74) is 8.79. The average molecular weight is 243 g/mol. The lowest BCUT2D eigenvalue weighted by atomic mass is 9.85. The molecule has 2 aromatic rings. The number of rotatable bonds is 3. The van der Waals surface area contributed by atoms with E-state index in [2.05, 4.69) is 15.5 Å². The molecule has 1 aliphatic rings. The van der Waals surface area contributed by atoms with E-state index in [1.54, 1.807) is 0 Å². The molecule has 1 saturated carbocycles. The fourth-order valence-corrected chi connectivity index (χ4v) is 2.34. The maximum Gasteiger partial charge on any atom is 0.182 e. The number of nitrogen functional groups attached to an aromatic ring is 1. The monoisotopic (exact) mass is 243 g/mol. The molecule has 18 heavy (non-hydrogen) atoms. The van der Waals surface area contributed by atoms with Crippen molar-refractivity contribution in [2.45, 2.75) is 32.7 Å². The molecule has 1 aliphatic carbocycles. The van der Waals surface area contributed by atoms with Crippen LogP contribution in [-0.2, 0) is 6.54 Å². The molecule has 0 aliphatic heterocycles. The lowest BCUT2D eigenvalue weighted by molar-refractivity contribution is 0.265. The van der Waals surface area contributed by atoms with Gasteiger partial charge in [0.2, 0.25) is 0 Å². The van der Waals surface area contributed by atoms with Crippen LogP contribution in [-0.4, -0.2) is 20.2 Å². The minimum atomic E-state index is 0.730. The van der Waals surface area contributed by atoms with Crippen molar-refractivity contribution in [1.29, 1.82) is 0 Å². The van der Waals surface area contributed by atoms with Crippen molar-refractivity contribution in [3.63, 3.8) is 0 Å². The maximum absolute atomic E-state index is 5.94. The van der Waals surface area contributed by atoms with Crippen molar-refractivity contribution in [1.82, 2.24) is 20.2 Å². The molecule has 1 aromatic heterocycles. The van der Waals surface area contributed by atoms with Gasteiger partial charge < -0.3 is 5.73 Å². The molecule has 0 spiro atoms. The fourth-order valence-electron chi connectivity index (χ4n) is 2.34. The van der Waals surface area contributed by atoms with E-state index in [0.717, 1.165) is 35.1 Å². The van der Waals surface area contributed by atoms with Crippen LogP contribution in [0.3, 0.4) is 0 Å². The van der Waals surface area contributed by atoms with E-state index in [1.165, 1.54) is 19.3 Å². The van der Waals surface area contributed by atoms with Gasteiger partial charge in [-0.2, -0.15) is 0 Å². The van der Waals surface area contributed by atoms with Crippen molar-refractivity contribution in [2.24, 2.45) is 5.92 Å². The van der Waals surface area contributed by atoms with Gasteiger partial charge in [0, 0.05) is 17.8 Å². The van der Waals surface area contributed by atoms with Gasteiger partial charge in [0.1, 0.15) is 0 Å². The van der Waals surface area contributed by atoms with Crippen LogP contribution in [0.5, 0.6) is 0 Å². The summed E-state index contributed by atoms with van der Waals surface area (Å²) in [6.07, 6.45) is 3.91. The molecule has 0 atom stereocenters. The molecule has 1 fully saturated rings. The minimum absolute atomic E-state index is 0.730. The summed E-state index contributed by atoms with van der Waals surface area (Å²) in [4.78, 5) is 0. The van der Waals surface area contributed by atoms with Crippen LogP contribution in [0.15, 0.2) is 18.2 Å². The standard InChI is InChI=1S/C13H17N5/c1-9-11(6-3-7-12(9)14)13-15-16-17-18(13)8-10-4-2-5-10/h3,6-7,10H,2,4-5,8,14H2,1H3. The third-order valence-electron chi connectivity index (χ3n) is 3.80. The highest BCUT2D eigenvalue weighted by Crippen LogP contribution is 2.30. The second-order valence-electron chi connectivity index (χ2n) is 5.00. The first-order valence-corrected chi connectivity index (χ1v) is 6.37. The summed E-state index contributed by atoms with van der Waals surface area (Å²) in [6.45, 7) is 2.92. The summed E-state index contributed by atoms with van der Waals surface area (Å²) < 4.78 is 1.91. The lowest BCUT2D eigenvalue weighted by Gasteiger charge is -2.25. The van der Waals surface area contributed by atoms with Gasteiger partial charge in [-0.3, -0.25) is 0 Å². The number of hydrogen-bond donors (Lipinski definition) is 1. The number of nitrogens with zero attached hydrogens (tertiary/aromatic N) is 4. The Morgan fingerprint density at radius 2 is 2.22 bits per heavy atom. The van der Waals surface area contributed by atoms with E-state index in [4.69, 9.17) is 5.73 Å². The van der Waals surface area contributed by atoms with Crippen molar-refractivity contribution in [3.8, 4) is 11.4 Å². The molecule has 1 aromatic carbocycles. The van der Waals surface area contributed by atoms with E-state index >= 15 is 0 Å². The lowest BCUT2D eigenvalue weighted by Crippen LogP contribution is -2.19. The van der Waals surface area contributed by atoms with Crippen LogP contribution in [0.1, 0.15) is 24.8 Å². The van der Waals surface area contributed by atoms with Crippen molar-refractivity contribution in [2.75, 3.05) is 5.73 Å². The first kappa shape index (κ1) is 11.2. The van der Waals surface area contributed by atoms with Gasteiger partial charge in [0.25, 0.3) is 0 Å². The molecule has 0 radical (unpaired) electrons. The third kappa shape index (κ3) is 1.85. The van der Waals surface area contributed by atoms with Crippen LogP contribution in [0.25, 0.3) is 11.4 Å². The molecule has 2 N–H and O–H groups in total. The highest BCUT2D eigenvalue weighted by atomic mass is 15.5. The quantitative estimate of drug-likeness (QED) is 0.837. The molecule has 0 bridgehead atoms. The first-order chi connectivity index (χ1) is 8.75. The summed E-state index contributed by atoms with van der Waals surface area (Å²) in [7, 11) is 0. The molecular formula is C13H17N5. The van der Waals surface area contributed by atoms with Gasteiger partial charge in [0.05, 0.1) is 0 Å². The number of benzene rings is 1. The van der Waals surface area contributed by atoms with Crippen molar-refractivity contribution < 1.29 is 0 Å². The van der Waals surface area contributed by atoms with Gasteiger partial charge in [0.15, 0.2) is 5.82 Å². The number of hydrogen-bond acceptors (Lipinski definition) is 4. The smallest absolute Gasteiger partial charge is 0.182 e. The molecule has 5 heteroatoms. The Hall–Kier alpha value is -1.91. The molecule has 1 heterocycles. The fraction of sp³-hybridized carbons (Fsp3) is 0.462. The van der Waals surface area contributed by atoms with Gasteiger partial charge >= 0.3 is 0 Å². The third-order valence-corrected chi connectivity index (χ3v) is 3.80. The Labute approximate surface area is 106 Å². The summed E-state index contributed by atoms with van der Waals surface area (Å²) in [6, 6.07) is 5.87. The summed E-state index contributed by atoms with van der Waals surface area (Å²) in [5, 5.41) is 12.0. The van der Waals surface area contributed by atoms with E-state index in [1.807, 2.05) is 29.8 Å². The van der Waals surface area contributed by atoms with Crippen LogP contribution >= 0.6 is 0 Å². The maximum atomic E-state index is 5.94. The Morgan fingerprint density at radius 3 is 2.94 bits per heavy atom. The second-order valence-corrected chi connectivity index (χ2v) is 5.00. The van der Waals surface area contributed by atoms with Gasteiger partial charge in [-0.15, -0.1) is 5.10 Å². The van der Waals surface area contributed by atoms with Crippen LogP contribution < -0.4 is 5.73 Å². The van der Waals surface area contributed by atoms with Crippen LogP contribution in [0.4, 0.5) is 5.69 Å². The topological polar surface area (TPSA) is 69.6 Å². The molecule has 94 valence electrons. The van der Waals surface area contributed by atoms with Gasteiger partial charge in [-0.25, -0.2) is 4.68 Å². The Kier molecular flexibility index (Phi) is 2.74. The van der Waals surface area contributed by atoms with E-state index in [9.17, 15) is 0 Å². The highest BCUT2D eigenvalue weighted by molar-refractivity contribution is 5.67. The van der Waals surface area contributed by atoms with Gasteiger partial charge in [-0.1, -0.05) is 18.6 Å². The molecule has 0 unspecified atom stereocenters. The van der Waals surface area contributed by atoms with Gasteiger partial charge in [-0.05, 0) is 47.7 Å². The summed E-state index contributed by atoms with van der Waals surface area (Å²) >= 11 is 0. The summed E-state index contributed by atoms with van der Waals surface area (Å²) in [5.74, 6) is 1.56. The predicted octanol–water partition coefficient (Wildman–Crippen LogP) is 2.03. The molecule has 0 amide bonds.